The summed E-state index contributed by atoms with van der Waals surface area (Å²) in [7, 11) is 1.58. The molecule has 1 aliphatic rings. The molecule has 2 N–H and O–H groups in total. The lowest BCUT2D eigenvalue weighted by Crippen LogP contribution is -2.60. The van der Waals surface area contributed by atoms with Gasteiger partial charge in [-0.3, -0.25) is 0 Å². The minimum absolute atomic E-state index is 0.00352. The topological polar surface area (TPSA) is 50.4 Å². The molecule has 0 atom stereocenters. The molecule has 0 aliphatic carbocycles. The number of hydrogen-bond acceptors (Lipinski definition) is 3. The summed E-state index contributed by atoms with van der Waals surface area (Å²) < 4.78 is 5.32. The highest BCUT2D eigenvalue weighted by Crippen LogP contribution is 2.30. The van der Waals surface area contributed by atoms with Crippen LogP contribution in [0.4, 0.5) is 4.79 Å². The van der Waals surface area contributed by atoms with Crippen molar-refractivity contribution in [2.45, 2.75) is 57.7 Å². The molecule has 15 heavy (non-hydrogen) atoms. The third-order valence-corrected chi connectivity index (χ3v) is 2.63. The van der Waals surface area contributed by atoms with Gasteiger partial charge in [0, 0.05) is 31.0 Å². The van der Waals surface area contributed by atoms with Gasteiger partial charge < -0.3 is 15.4 Å². The number of rotatable bonds is 1. The zero-order chi connectivity index (χ0) is 11.7. The lowest BCUT2D eigenvalue weighted by atomic mass is 9.81. The van der Waals surface area contributed by atoms with Crippen molar-refractivity contribution < 1.29 is 9.53 Å². The van der Waals surface area contributed by atoms with Gasteiger partial charge in [0.2, 0.25) is 0 Å². The van der Waals surface area contributed by atoms with Crippen LogP contribution in [0.5, 0.6) is 0 Å². The first-order chi connectivity index (χ1) is 6.74. The van der Waals surface area contributed by atoms with E-state index in [1.165, 1.54) is 0 Å². The average molecular weight is 214 g/mol. The smallest absolute Gasteiger partial charge is 0.407 e. The van der Waals surface area contributed by atoms with Crippen molar-refractivity contribution >= 4 is 6.09 Å². The van der Waals surface area contributed by atoms with Gasteiger partial charge in [-0.15, -0.1) is 0 Å². The normalized spacial score (nSPS) is 24.6. The zero-order valence-corrected chi connectivity index (χ0v) is 10.3. The predicted molar refractivity (Wildman–Crippen MR) is 59.9 cm³/mol. The lowest BCUT2D eigenvalue weighted by molar-refractivity contribution is 0.0202. The van der Waals surface area contributed by atoms with E-state index in [0.717, 1.165) is 12.8 Å². The lowest BCUT2D eigenvalue weighted by Gasteiger charge is -2.45. The Morgan fingerprint density at radius 1 is 1.27 bits per heavy atom. The minimum Gasteiger partial charge on any atom is -0.446 e. The van der Waals surface area contributed by atoms with Gasteiger partial charge in [0.1, 0.15) is 6.10 Å². The Bertz CT molecular complexity index is 233. The van der Waals surface area contributed by atoms with Gasteiger partial charge in [0.25, 0.3) is 0 Å². The minimum atomic E-state index is -0.339. The summed E-state index contributed by atoms with van der Waals surface area (Å²) in [6.07, 6.45) is 1.36. The largest absolute Gasteiger partial charge is 0.446 e. The highest BCUT2D eigenvalue weighted by Gasteiger charge is 2.39. The van der Waals surface area contributed by atoms with E-state index in [4.69, 9.17) is 4.74 Å². The number of carbonyl (C=O) groups excluding carboxylic acids is 1. The van der Waals surface area contributed by atoms with Gasteiger partial charge in [-0.25, -0.2) is 4.79 Å². The molecule has 0 aromatic rings. The fourth-order valence-electron chi connectivity index (χ4n) is 2.52. The standard InChI is InChI=1S/C11H22N2O2/c1-10(2)6-8(15-9(14)12-5)7-11(3,4)13-10/h8,13H,6-7H2,1-5H3,(H,12,14). The molecule has 1 amide bonds. The molecule has 4 heteroatoms. The Balaban J connectivity index is 2.63. The number of piperidine rings is 1. The van der Waals surface area contributed by atoms with Crippen molar-refractivity contribution in [3.05, 3.63) is 0 Å². The van der Waals surface area contributed by atoms with Gasteiger partial charge >= 0.3 is 6.09 Å². The first-order valence-electron chi connectivity index (χ1n) is 5.42. The van der Waals surface area contributed by atoms with Crippen LogP contribution in [-0.2, 0) is 4.74 Å². The molecule has 4 nitrogen and oxygen atoms in total. The zero-order valence-electron chi connectivity index (χ0n) is 10.3. The molecule has 1 fully saturated rings. The van der Waals surface area contributed by atoms with Gasteiger partial charge in [0.15, 0.2) is 0 Å². The van der Waals surface area contributed by atoms with Crippen LogP contribution < -0.4 is 10.6 Å². The van der Waals surface area contributed by atoms with E-state index in [2.05, 4.69) is 38.3 Å². The summed E-state index contributed by atoms with van der Waals surface area (Å²) in [6.45, 7) is 8.53. The average Bonchev–Trinajstić information content (AvgIpc) is 1.97. The van der Waals surface area contributed by atoms with Crippen LogP contribution in [0.15, 0.2) is 0 Å². The van der Waals surface area contributed by atoms with Crippen molar-refractivity contribution in [2.24, 2.45) is 0 Å². The second-order valence-electron chi connectivity index (χ2n) is 5.58. The van der Waals surface area contributed by atoms with Crippen molar-refractivity contribution in [3.8, 4) is 0 Å². The molecule has 0 aromatic heterocycles. The Labute approximate surface area is 91.8 Å². The van der Waals surface area contributed by atoms with E-state index in [1.54, 1.807) is 7.05 Å². The quantitative estimate of drug-likeness (QED) is 0.698. The van der Waals surface area contributed by atoms with Crippen LogP contribution in [0.25, 0.3) is 0 Å². The predicted octanol–water partition coefficient (Wildman–Crippen LogP) is 1.65. The van der Waals surface area contributed by atoms with Crippen molar-refractivity contribution in [1.29, 1.82) is 0 Å². The molecule has 1 rings (SSSR count). The number of alkyl carbamates (subject to hydrolysis) is 1. The van der Waals surface area contributed by atoms with Gasteiger partial charge in [-0.05, 0) is 27.7 Å². The van der Waals surface area contributed by atoms with Gasteiger partial charge in [-0.2, -0.15) is 0 Å². The molecule has 0 aromatic carbocycles. The van der Waals surface area contributed by atoms with Gasteiger partial charge in [0.05, 0.1) is 0 Å². The molecule has 0 radical (unpaired) electrons. The fourth-order valence-corrected chi connectivity index (χ4v) is 2.52. The first-order valence-corrected chi connectivity index (χ1v) is 5.42. The van der Waals surface area contributed by atoms with Crippen molar-refractivity contribution in [3.63, 3.8) is 0 Å². The summed E-state index contributed by atoms with van der Waals surface area (Å²) in [5.74, 6) is 0. The molecule has 1 saturated heterocycles. The first kappa shape index (κ1) is 12.3. The maximum Gasteiger partial charge on any atom is 0.407 e. The highest BCUT2D eigenvalue weighted by atomic mass is 16.6. The molecule has 0 spiro atoms. The molecular weight excluding hydrogens is 192 g/mol. The Hall–Kier alpha value is -0.770. The second-order valence-corrected chi connectivity index (χ2v) is 5.58. The summed E-state index contributed by atoms with van der Waals surface area (Å²) in [5, 5.41) is 6.03. The molecule has 1 heterocycles. The third kappa shape index (κ3) is 3.70. The molecule has 0 bridgehead atoms. The van der Waals surface area contributed by atoms with E-state index < -0.39 is 0 Å². The van der Waals surface area contributed by atoms with Crippen LogP contribution in [0, 0.1) is 0 Å². The second kappa shape index (κ2) is 4.00. The van der Waals surface area contributed by atoms with E-state index in [-0.39, 0.29) is 23.3 Å². The number of hydrogen-bond donors (Lipinski definition) is 2. The number of amides is 1. The SMILES string of the molecule is CNC(=O)OC1CC(C)(C)NC(C)(C)C1. The monoisotopic (exact) mass is 214 g/mol. The van der Waals surface area contributed by atoms with Crippen LogP contribution in [-0.4, -0.2) is 30.3 Å². The van der Waals surface area contributed by atoms with E-state index in [0.29, 0.717) is 0 Å². The molecule has 1 aliphatic heterocycles. The Kier molecular flexibility index (Phi) is 3.28. The summed E-state index contributed by atoms with van der Waals surface area (Å²) in [5.41, 5.74) is 0.0286. The van der Waals surface area contributed by atoms with Crippen LogP contribution in [0.3, 0.4) is 0 Å². The molecule has 88 valence electrons. The number of carbonyl (C=O) groups is 1. The van der Waals surface area contributed by atoms with Crippen LogP contribution in [0.1, 0.15) is 40.5 Å². The Morgan fingerprint density at radius 2 is 1.73 bits per heavy atom. The number of ether oxygens (including phenoxy) is 1. The molecule has 0 unspecified atom stereocenters. The number of nitrogens with one attached hydrogen (secondary N) is 2. The summed E-state index contributed by atoms with van der Waals surface area (Å²) in [6, 6.07) is 0. The summed E-state index contributed by atoms with van der Waals surface area (Å²) in [4.78, 5) is 11.1. The molecular formula is C11H22N2O2. The van der Waals surface area contributed by atoms with Crippen molar-refractivity contribution in [1.82, 2.24) is 10.6 Å². The third-order valence-electron chi connectivity index (χ3n) is 2.63. The van der Waals surface area contributed by atoms with Gasteiger partial charge in [-0.1, -0.05) is 0 Å². The fraction of sp³-hybridized carbons (Fsp3) is 0.909. The molecule has 0 saturated carbocycles. The van der Waals surface area contributed by atoms with E-state index in [9.17, 15) is 4.79 Å². The maximum atomic E-state index is 11.1. The van der Waals surface area contributed by atoms with E-state index in [1.807, 2.05) is 0 Å². The Morgan fingerprint density at radius 3 is 2.13 bits per heavy atom. The highest BCUT2D eigenvalue weighted by molar-refractivity contribution is 5.66. The van der Waals surface area contributed by atoms with Crippen LogP contribution >= 0.6 is 0 Å². The van der Waals surface area contributed by atoms with E-state index >= 15 is 0 Å². The van der Waals surface area contributed by atoms with Crippen molar-refractivity contribution in [2.75, 3.05) is 7.05 Å². The maximum absolute atomic E-state index is 11.1. The van der Waals surface area contributed by atoms with Crippen LogP contribution in [0.2, 0.25) is 0 Å². The summed E-state index contributed by atoms with van der Waals surface area (Å²) >= 11 is 0.